The zero-order valence-electron chi connectivity index (χ0n) is 22.3. The number of methoxy groups -OCH3 is 2. The highest BCUT2D eigenvalue weighted by atomic mass is 16.5. The van der Waals surface area contributed by atoms with Crippen LogP contribution in [0.4, 0.5) is 17.2 Å². The SMILES string of the molecule is COc1cc(OC)cc(N(CC2CC2)c2ccc3ncc(-c4ccnc(N5CCN(C)CC5)c4)nc3c2)c1. The average molecular weight is 511 g/mol. The van der Waals surface area contributed by atoms with Crippen molar-refractivity contribution in [2.24, 2.45) is 5.92 Å². The molecule has 196 valence electrons. The zero-order chi connectivity index (χ0) is 26.1. The maximum Gasteiger partial charge on any atom is 0.129 e. The van der Waals surface area contributed by atoms with Gasteiger partial charge in [-0.15, -0.1) is 0 Å². The van der Waals surface area contributed by atoms with Crippen LogP contribution < -0.4 is 19.3 Å². The van der Waals surface area contributed by atoms with Crippen molar-refractivity contribution in [2.45, 2.75) is 12.8 Å². The molecular formula is C30H34N6O2. The van der Waals surface area contributed by atoms with Crippen molar-refractivity contribution in [1.82, 2.24) is 19.9 Å². The molecule has 1 saturated heterocycles. The van der Waals surface area contributed by atoms with E-state index in [9.17, 15) is 0 Å². The lowest BCUT2D eigenvalue weighted by molar-refractivity contribution is 0.312. The van der Waals surface area contributed by atoms with Gasteiger partial charge in [0.15, 0.2) is 0 Å². The number of anilines is 3. The monoisotopic (exact) mass is 510 g/mol. The van der Waals surface area contributed by atoms with Gasteiger partial charge in [-0.3, -0.25) is 4.98 Å². The second-order valence-electron chi connectivity index (χ2n) is 10.2. The van der Waals surface area contributed by atoms with E-state index in [1.54, 1.807) is 14.2 Å². The summed E-state index contributed by atoms with van der Waals surface area (Å²) in [6.07, 6.45) is 6.25. The Bertz CT molecular complexity index is 1410. The third-order valence-electron chi connectivity index (χ3n) is 7.49. The van der Waals surface area contributed by atoms with Crippen LogP contribution in [0.25, 0.3) is 22.3 Å². The fraction of sp³-hybridized carbons (Fsp3) is 0.367. The van der Waals surface area contributed by atoms with Gasteiger partial charge in [-0.25, -0.2) is 9.97 Å². The third-order valence-corrected chi connectivity index (χ3v) is 7.49. The van der Waals surface area contributed by atoms with Crippen LogP contribution >= 0.6 is 0 Å². The normalized spacial score (nSPS) is 16.0. The summed E-state index contributed by atoms with van der Waals surface area (Å²) in [6.45, 7) is 4.98. The van der Waals surface area contributed by atoms with Crippen molar-refractivity contribution >= 4 is 28.2 Å². The molecule has 6 rings (SSSR count). The minimum Gasteiger partial charge on any atom is -0.497 e. The molecule has 2 fully saturated rings. The molecule has 2 aliphatic rings. The second kappa shape index (κ2) is 10.5. The number of hydrogen-bond donors (Lipinski definition) is 0. The Balaban J connectivity index is 1.35. The van der Waals surface area contributed by atoms with E-state index in [2.05, 4.69) is 63.1 Å². The highest BCUT2D eigenvalue weighted by molar-refractivity contribution is 5.83. The number of fused-ring (bicyclic) bond motifs is 1. The first kappa shape index (κ1) is 24.4. The molecule has 2 aromatic carbocycles. The van der Waals surface area contributed by atoms with Crippen LogP contribution in [0.3, 0.4) is 0 Å². The maximum absolute atomic E-state index is 5.56. The predicted octanol–water partition coefficient (Wildman–Crippen LogP) is 5.01. The number of ether oxygens (including phenoxy) is 2. The number of aromatic nitrogens is 3. The van der Waals surface area contributed by atoms with Crippen LogP contribution in [-0.2, 0) is 0 Å². The first-order chi connectivity index (χ1) is 18.6. The molecule has 0 bridgehead atoms. The molecule has 0 atom stereocenters. The van der Waals surface area contributed by atoms with E-state index in [1.165, 1.54) is 12.8 Å². The first-order valence-electron chi connectivity index (χ1n) is 13.3. The summed E-state index contributed by atoms with van der Waals surface area (Å²) < 4.78 is 11.1. The van der Waals surface area contributed by atoms with Gasteiger partial charge in [-0.1, -0.05) is 0 Å². The lowest BCUT2D eigenvalue weighted by atomic mass is 10.1. The van der Waals surface area contributed by atoms with Gasteiger partial charge >= 0.3 is 0 Å². The van der Waals surface area contributed by atoms with E-state index >= 15 is 0 Å². The predicted molar refractivity (Wildman–Crippen MR) is 152 cm³/mol. The van der Waals surface area contributed by atoms with Gasteiger partial charge in [-0.2, -0.15) is 0 Å². The molecule has 0 spiro atoms. The topological polar surface area (TPSA) is 66.9 Å². The Morgan fingerprint density at radius 2 is 1.61 bits per heavy atom. The van der Waals surface area contributed by atoms with Crippen LogP contribution in [0.1, 0.15) is 12.8 Å². The van der Waals surface area contributed by atoms with Crippen LogP contribution in [-0.4, -0.2) is 73.8 Å². The maximum atomic E-state index is 5.56. The molecule has 1 aliphatic carbocycles. The van der Waals surface area contributed by atoms with Gasteiger partial charge in [0.25, 0.3) is 0 Å². The molecule has 1 saturated carbocycles. The molecular weight excluding hydrogens is 476 g/mol. The molecule has 8 heteroatoms. The Labute approximate surface area is 223 Å². The van der Waals surface area contributed by atoms with Gasteiger partial charge in [0, 0.05) is 74.1 Å². The standard InChI is InChI=1S/C30H34N6O2/c1-34-10-12-35(13-11-34)30-14-22(8-9-31-30)29-19-32-27-7-6-23(17-28(27)33-29)36(20-21-4-5-21)24-15-25(37-2)18-26(16-24)38-3/h6-9,14-19,21H,4-5,10-13,20H2,1-3H3. The number of nitrogens with zero attached hydrogens (tertiary/aromatic N) is 6. The summed E-state index contributed by atoms with van der Waals surface area (Å²) in [4.78, 5) is 21.5. The van der Waals surface area contributed by atoms with Crippen molar-refractivity contribution in [3.63, 3.8) is 0 Å². The van der Waals surface area contributed by atoms with E-state index in [0.29, 0.717) is 5.92 Å². The third kappa shape index (κ3) is 5.22. The van der Waals surface area contributed by atoms with Crippen LogP contribution in [0.15, 0.2) is 60.9 Å². The number of hydrogen-bond acceptors (Lipinski definition) is 8. The van der Waals surface area contributed by atoms with Crippen molar-refractivity contribution < 1.29 is 9.47 Å². The van der Waals surface area contributed by atoms with Gasteiger partial charge in [0.05, 0.1) is 37.1 Å². The molecule has 2 aromatic heterocycles. The summed E-state index contributed by atoms with van der Waals surface area (Å²) in [5.41, 5.74) is 5.75. The summed E-state index contributed by atoms with van der Waals surface area (Å²) >= 11 is 0. The lowest BCUT2D eigenvalue weighted by Gasteiger charge is -2.33. The molecule has 3 heterocycles. The molecule has 0 radical (unpaired) electrons. The van der Waals surface area contributed by atoms with Crippen LogP contribution in [0, 0.1) is 5.92 Å². The van der Waals surface area contributed by atoms with Gasteiger partial charge in [-0.05, 0) is 56.1 Å². The minimum atomic E-state index is 0.685. The van der Waals surface area contributed by atoms with E-state index in [0.717, 1.165) is 83.7 Å². The molecule has 1 aliphatic heterocycles. The number of piperazine rings is 1. The van der Waals surface area contributed by atoms with Crippen LogP contribution in [0.2, 0.25) is 0 Å². The Kier molecular flexibility index (Phi) is 6.72. The number of likely N-dealkylation sites (N-methyl/N-ethyl adjacent to an activating group) is 1. The Morgan fingerprint density at radius 3 is 2.32 bits per heavy atom. The summed E-state index contributed by atoms with van der Waals surface area (Å²) in [5, 5.41) is 0. The fourth-order valence-corrected chi connectivity index (χ4v) is 4.96. The van der Waals surface area contributed by atoms with Crippen molar-refractivity contribution in [2.75, 3.05) is 63.8 Å². The largest absolute Gasteiger partial charge is 0.497 e. The number of benzene rings is 2. The highest BCUT2D eigenvalue weighted by Gasteiger charge is 2.26. The molecule has 0 amide bonds. The van der Waals surface area contributed by atoms with Crippen molar-refractivity contribution in [3.05, 3.63) is 60.9 Å². The molecule has 0 N–H and O–H groups in total. The van der Waals surface area contributed by atoms with Gasteiger partial charge in [0.2, 0.25) is 0 Å². The lowest BCUT2D eigenvalue weighted by Crippen LogP contribution is -2.44. The smallest absolute Gasteiger partial charge is 0.129 e. The van der Waals surface area contributed by atoms with E-state index in [4.69, 9.17) is 19.4 Å². The zero-order valence-corrected chi connectivity index (χ0v) is 22.3. The van der Waals surface area contributed by atoms with Crippen molar-refractivity contribution in [1.29, 1.82) is 0 Å². The summed E-state index contributed by atoms with van der Waals surface area (Å²) in [7, 11) is 5.53. The molecule has 4 aromatic rings. The quantitative estimate of drug-likeness (QED) is 0.328. The second-order valence-corrected chi connectivity index (χ2v) is 10.2. The summed E-state index contributed by atoms with van der Waals surface area (Å²) in [6, 6.07) is 16.5. The van der Waals surface area contributed by atoms with E-state index in [-0.39, 0.29) is 0 Å². The number of rotatable bonds is 8. The first-order valence-corrected chi connectivity index (χ1v) is 13.3. The molecule has 8 nitrogen and oxygen atoms in total. The van der Waals surface area contributed by atoms with E-state index < -0.39 is 0 Å². The minimum absolute atomic E-state index is 0.685. The Hall–Kier alpha value is -3.91. The van der Waals surface area contributed by atoms with Gasteiger partial charge < -0.3 is 24.2 Å². The van der Waals surface area contributed by atoms with Gasteiger partial charge in [0.1, 0.15) is 17.3 Å². The number of pyridine rings is 1. The van der Waals surface area contributed by atoms with Crippen LogP contribution in [0.5, 0.6) is 11.5 Å². The highest BCUT2D eigenvalue weighted by Crippen LogP contribution is 2.38. The summed E-state index contributed by atoms with van der Waals surface area (Å²) in [5.74, 6) is 3.23. The molecule has 38 heavy (non-hydrogen) atoms. The average Bonchev–Trinajstić information content (AvgIpc) is 3.80. The molecule has 0 unspecified atom stereocenters. The Morgan fingerprint density at radius 1 is 0.842 bits per heavy atom. The fourth-order valence-electron chi connectivity index (χ4n) is 4.96. The van der Waals surface area contributed by atoms with E-state index in [1.807, 2.05) is 24.5 Å². The van der Waals surface area contributed by atoms with Crippen molar-refractivity contribution in [3.8, 4) is 22.8 Å².